The molecule has 0 saturated carbocycles. The number of benzene rings is 1. The third-order valence-electron chi connectivity index (χ3n) is 3.24. The first-order valence-corrected chi connectivity index (χ1v) is 6.85. The highest BCUT2D eigenvalue weighted by Crippen LogP contribution is 2.17. The van der Waals surface area contributed by atoms with Gasteiger partial charge in [0, 0.05) is 26.6 Å². The molecule has 1 rings (SSSR count). The van der Waals surface area contributed by atoms with Gasteiger partial charge in [0.1, 0.15) is 0 Å². The maximum Gasteiger partial charge on any atom is 0.241 e. The third kappa shape index (κ3) is 5.42. The van der Waals surface area contributed by atoms with Gasteiger partial charge in [0.15, 0.2) is 0 Å². The number of nitrogens with zero attached hydrogens (tertiary/aromatic N) is 2. The Balaban J connectivity index is 2.68. The van der Waals surface area contributed by atoms with Crippen molar-refractivity contribution in [3.05, 3.63) is 24.3 Å². The highest BCUT2D eigenvalue weighted by Gasteiger charge is 2.21. The van der Waals surface area contributed by atoms with E-state index in [1.54, 1.807) is 19.2 Å². The minimum absolute atomic E-state index is 0.151. The van der Waals surface area contributed by atoms with E-state index in [9.17, 15) is 4.79 Å². The highest BCUT2D eigenvalue weighted by atomic mass is 16.5. The molecule has 0 aliphatic rings. The van der Waals surface area contributed by atoms with E-state index in [-0.39, 0.29) is 11.9 Å². The lowest BCUT2D eigenvalue weighted by Gasteiger charge is -2.27. The summed E-state index contributed by atoms with van der Waals surface area (Å²) in [5.74, 6) is -0.151. The van der Waals surface area contributed by atoms with Crippen LogP contribution in [0.2, 0.25) is 0 Å². The number of carbonyl (C=O) groups excluding carboxylic acids is 1. The molecule has 21 heavy (non-hydrogen) atoms. The lowest BCUT2D eigenvalue weighted by atomic mass is 10.2. The van der Waals surface area contributed by atoms with Crippen molar-refractivity contribution in [3.63, 3.8) is 0 Å². The van der Waals surface area contributed by atoms with Crippen molar-refractivity contribution in [1.82, 2.24) is 4.90 Å². The molecule has 0 aromatic heterocycles. The van der Waals surface area contributed by atoms with Crippen LogP contribution in [0.1, 0.15) is 13.3 Å². The molecule has 0 spiro atoms. The van der Waals surface area contributed by atoms with Crippen molar-refractivity contribution in [2.75, 3.05) is 37.9 Å². The van der Waals surface area contributed by atoms with Gasteiger partial charge in [-0.1, -0.05) is 12.1 Å². The van der Waals surface area contributed by atoms with Gasteiger partial charge in [0.25, 0.3) is 0 Å². The Morgan fingerprint density at radius 2 is 2.19 bits per heavy atom. The average Bonchev–Trinajstić information content (AvgIpc) is 2.49. The molecule has 0 aliphatic heterocycles. The molecule has 0 aliphatic carbocycles. The molecule has 114 valence electrons. The minimum Gasteiger partial charge on any atom is -0.397 e. The summed E-state index contributed by atoms with van der Waals surface area (Å²) in [4.78, 5) is 14.2. The molecular weight excluding hydrogens is 268 g/mol. The topological polar surface area (TPSA) is 91.4 Å². The molecule has 0 heterocycles. The van der Waals surface area contributed by atoms with E-state index in [1.807, 2.05) is 24.0 Å². The second kappa shape index (κ2) is 8.95. The van der Waals surface area contributed by atoms with Crippen LogP contribution in [0.5, 0.6) is 0 Å². The summed E-state index contributed by atoms with van der Waals surface area (Å²) in [6.07, 6.45) is 0.370. The minimum atomic E-state index is -0.367. The summed E-state index contributed by atoms with van der Waals surface area (Å²) in [5.41, 5.74) is 6.94. The van der Waals surface area contributed by atoms with Gasteiger partial charge in [-0.05, 0) is 19.1 Å². The molecule has 1 unspecified atom stereocenters. The molecular formula is C15H22N4O2. The van der Waals surface area contributed by atoms with E-state index in [0.717, 1.165) is 0 Å². The van der Waals surface area contributed by atoms with Gasteiger partial charge < -0.3 is 15.8 Å². The largest absolute Gasteiger partial charge is 0.397 e. The molecule has 1 aromatic carbocycles. The summed E-state index contributed by atoms with van der Waals surface area (Å²) in [6.45, 7) is 3.44. The van der Waals surface area contributed by atoms with Crippen LogP contribution >= 0.6 is 0 Å². The Bertz CT molecular complexity index is 499. The number of nitriles is 1. The number of nitrogens with two attached hydrogens (primary N) is 1. The summed E-state index contributed by atoms with van der Waals surface area (Å²) in [5, 5.41) is 11.5. The summed E-state index contributed by atoms with van der Waals surface area (Å²) >= 11 is 0. The summed E-state index contributed by atoms with van der Waals surface area (Å²) in [7, 11) is 1.61. The SMILES string of the molecule is COCCN(CCC#N)C(C)C(=O)Nc1ccccc1N. The van der Waals surface area contributed by atoms with Crippen LogP contribution < -0.4 is 11.1 Å². The van der Waals surface area contributed by atoms with Gasteiger partial charge in [-0.25, -0.2) is 0 Å². The van der Waals surface area contributed by atoms with Crippen LogP contribution in [0.4, 0.5) is 11.4 Å². The molecule has 0 bridgehead atoms. The third-order valence-corrected chi connectivity index (χ3v) is 3.24. The fraction of sp³-hybridized carbons (Fsp3) is 0.467. The smallest absolute Gasteiger partial charge is 0.241 e. The van der Waals surface area contributed by atoms with E-state index in [2.05, 4.69) is 11.4 Å². The number of methoxy groups -OCH3 is 1. The van der Waals surface area contributed by atoms with Crippen molar-refractivity contribution >= 4 is 17.3 Å². The lowest BCUT2D eigenvalue weighted by molar-refractivity contribution is -0.121. The zero-order chi connectivity index (χ0) is 15.7. The van der Waals surface area contributed by atoms with Gasteiger partial charge >= 0.3 is 0 Å². The number of carbonyl (C=O) groups is 1. The Morgan fingerprint density at radius 3 is 2.81 bits per heavy atom. The molecule has 6 heteroatoms. The second-order valence-electron chi connectivity index (χ2n) is 4.69. The standard InChI is InChI=1S/C15H22N4O2/c1-12(19(9-5-8-16)10-11-21-2)15(20)18-14-7-4-3-6-13(14)17/h3-4,6-7,12H,5,9-11,17H2,1-2H3,(H,18,20). The number of ether oxygens (including phenoxy) is 1. The molecule has 0 fully saturated rings. The fourth-order valence-electron chi connectivity index (χ4n) is 1.92. The fourth-order valence-corrected chi connectivity index (χ4v) is 1.92. The van der Waals surface area contributed by atoms with E-state index in [0.29, 0.717) is 37.5 Å². The first kappa shape index (κ1) is 17.0. The van der Waals surface area contributed by atoms with Crippen molar-refractivity contribution in [2.45, 2.75) is 19.4 Å². The molecule has 1 aromatic rings. The monoisotopic (exact) mass is 290 g/mol. The summed E-state index contributed by atoms with van der Waals surface area (Å²) < 4.78 is 5.04. The van der Waals surface area contributed by atoms with Crippen LogP contribution in [0.15, 0.2) is 24.3 Å². The van der Waals surface area contributed by atoms with Crippen LogP contribution in [0, 0.1) is 11.3 Å². The number of nitrogen functional groups attached to an aromatic ring is 1. The van der Waals surface area contributed by atoms with Gasteiger partial charge in [0.05, 0.1) is 30.1 Å². The quantitative estimate of drug-likeness (QED) is 0.707. The molecule has 3 N–H and O–H groups in total. The highest BCUT2D eigenvalue weighted by molar-refractivity contribution is 5.97. The van der Waals surface area contributed by atoms with Gasteiger partial charge in [0.2, 0.25) is 5.91 Å². The number of amides is 1. The predicted molar refractivity (Wildman–Crippen MR) is 82.6 cm³/mol. The number of hydrogen-bond acceptors (Lipinski definition) is 5. The molecule has 6 nitrogen and oxygen atoms in total. The van der Waals surface area contributed by atoms with Crippen molar-refractivity contribution in [2.24, 2.45) is 0 Å². The Labute approximate surface area is 125 Å². The lowest BCUT2D eigenvalue weighted by Crippen LogP contribution is -2.44. The van der Waals surface area contributed by atoms with Crippen molar-refractivity contribution < 1.29 is 9.53 Å². The van der Waals surface area contributed by atoms with Crippen molar-refractivity contribution in [1.29, 1.82) is 5.26 Å². The zero-order valence-electron chi connectivity index (χ0n) is 12.5. The maximum atomic E-state index is 12.3. The first-order valence-electron chi connectivity index (χ1n) is 6.85. The first-order chi connectivity index (χ1) is 10.1. The van der Waals surface area contributed by atoms with Gasteiger partial charge in [-0.2, -0.15) is 5.26 Å². The van der Waals surface area contributed by atoms with Gasteiger partial charge in [-0.3, -0.25) is 9.69 Å². The maximum absolute atomic E-state index is 12.3. The average molecular weight is 290 g/mol. The number of hydrogen-bond donors (Lipinski definition) is 2. The number of anilines is 2. The van der Waals surface area contributed by atoms with E-state index in [1.165, 1.54) is 0 Å². The zero-order valence-corrected chi connectivity index (χ0v) is 12.5. The van der Waals surface area contributed by atoms with Crippen molar-refractivity contribution in [3.8, 4) is 6.07 Å². The Hall–Kier alpha value is -2.10. The number of nitrogens with one attached hydrogen (secondary N) is 1. The predicted octanol–water partition coefficient (Wildman–Crippen LogP) is 1.46. The Kier molecular flexibility index (Phi) is 7.23. The van der Waals surface area contributed by atoms with Crippen LogP contribution in [-0.2, 0) is 9.53 Å². The normalized spacial score (nSPS) is 11.9. The van der Waals surface area contributed by atoms with Crippen LogP contribution in [0.25, 0.3) is 0 Å². The molecule has 1 atom stereocenters. The van der Waals surface area contributed by atoms with Crippen LogP contribution in [0.3, 0.4) is 0 Å². The van der Waals surface area contributed by atoms with E-state index < -0.39 is 0 Å². The molecule has 1 amide bonds. The van der Waals surface area contributed by atoms with E-state index >= 15 is 0 Å². The van der Waals surface area contributed by atoms with Crippen LogP contribution in [-0.4, -0.2) is 43.7 Å². The Morgan fingerprint density at radius 1 is 1.48 bits per heavy atom. The van der Waals surface area contributed by atoms with E-state index in [4.69, 9.17) is 15.7 Å². The molecule has 0 radical (unpaired) electrons. The van der Waals surface area contributed by atoms with Gasteiger partial charge in [-0.15, -0.1) is 0 Å². The molecule has 0 saturated heterocycles. The summed E-state index contributed by atoms with van der Waals surface area (Å²) in [6, 6.07) is 8.85. The number of rotatable bonds is 8. The second-order valence-corrected chi connectivity index (χ2v) is 4.69. The number of para-hydroxylation sites is 2.